The molecule has 132 valence electrons. The van der Waals surface area contributed by atoms with Gasteiger partial charge >= 0.3 is 0 Å². The van der Waals surface area contributed by atoms with Crippen molar-refractivity contribution in [1.29, 1.82) is 0 Å². The standard InChI is InChI=1S/C17H17ClN2O5/c1-23-11-4-5-12(14(21)7-11)17(22)20-19-9-10-6-15(24-2)16(25-3)8-13(10)18/h4-9,21H,1-3H3,(H,20,22)/b19-9-. The van der Waals surface area contributed by atoms with Crippen molar-refractivity contribution in [2.75, 3.05) is 21.3 Å². The third kappa shape index (κ3) is 4.33. The quantitative estimate of drug-likeness (QED) is 0.607. The van der Waals surface area contributed by atoms with Crippen LogP contribution in [0.1, 0.15) is 15.9 Å². The summed E-state index contributed by atoms with van der Waals surface area (Å²) < 4.78 is 15.3. The number of nitrogens with one attached hydrogen (secondary N) is 1. The van der Waals surface area contributed by atoms with Crippen molar-refractivity contribution in [2.45, 2.75) is 0 Å². The molecule has 0 unspecified atom stereocenters. The van der Waals surface area contributed by atoms with E-state index in [0.29, 0.717) is 27.8 Å². The zero-order valence-electron chi connectivity index (χ0n) is 13.9. The Labute approximate surface area is 149 Å². The molecule has 8 heteroatoms. The molecule has 0 saturated heterocycles. The first-order valence-electron chi connectivity index (χ1n) is 7.12. The first-order chi connectivity index (χ1) is 12.0. The van der Waals surface area contributed by atoms with Crippen molar-refractivity contribution < 1.29 is 24.1 Å². The van der Waals surface area contributed by atoms with Crippen LogP contribution in [0, 0.1) is 0 Å². The van der Waals surface area contributed by atoms with Gasteiger partial charge in [0.15, 0.2) is 11.5 Å². The Hall–Kier alpha value is -2.93. The molecule has 0 aliphatic heterocycles. The van der Waals surface area contributed by atoms with E-state index in [1.165, 1.54) is 39.7 Å². The van der Waals surface area contributed by atoms with Gasteiger partial charge in [0.1, 0.15) is 11.5 Å². The first kappa shape index (κ1) is 18.4. The van der Waals surface area contributed by atoms with Gasteiger partial charge in [-0.05, 0) is 18.2 Å². The predicted octanol–water partition coefficient (Wildman–Crippen LogP) is 2.84. The van der Waals surface area contributed by atoms with Gasteiger partial charge in [-0.2, -0.15) is 5.10 Å². The second kappa shape index (κ2) is 8.25. The van der Waals surface area contributed by atoms with E-state index in [4.69, 9.17) is 25.8 Å². The molecule has 0 aliphatic rings. The number of aromatic hydroxyl groups is 1. The Balaban J connectivity index is 2.14. The number of phenolic OH excluding ortho intramolecular Hbond substituents is 1. The molecule has 0 fully saturated rings. The highest BCUT2D eigenvalue weighted by atomic mass is 35.5. The topological polar surface area (TPSA) is 89.4 Å². The highest BCUT2D eigenvalue weighted by molar-refractivity contribution is 6.33. The average molecular weight is 365 g/mol. The molecular weight excluding hydrogens is 348 g/mol. The molecule has 0 heterocycles. The fraction of sp³-hybridized carbons (Fsp3) is 0.176. The fourth-order valence-corrected chi connectivity index (χ4v) is 2.22. The predicted molar refractivity (Wildman–Crippen MR) is 94.3 cm³/mol. The summed E-state index contributed by atoms with van der Waals surface area (Å²) in [6.07, 6.45) is 1.36. The third-order valence-corrected chi connectivity index (χ3v) is 3.65. The molecule has 2 aromatic carbocycles. The van der Waals surface area contributed by atoms with Gasteiger partial charge in [0.2, 0.25) is 0 Å². The molecule has 0 radical (unpaired) electrons. The van der Waals surface area contributed by atoms with Gasteiger partial charge < -0.3 is 19.3 Å². The van der Waals surface area contributed by atoms with Gasteiger partial charge in [-0.15, -0.1) is 0 Å². The van der Waals surface area contributed by atoms with Crippen LogP contribution in [0.25, 0.3) is 0 Å². The van der Waals surface area contributed by atoms with E-state index in [2.05, 4.69) is 10.5 Å². The normalized spacial score (nSPS) is 10.6. The number of rotatable bonds is 6. The van der Waals surface area contributed by atoms with E-state index >= 15 is 0 Å². The maximum atomic E-state index is 12.1. The van der Waals surface area contributed by atoms with Crippen LogP contribution in [0.4, 0.5) is 0 Å². The van der Waals surface area contributed by atoms with E-state index in [-0.39, 0.29) is 11.3 Å². The summed E-state index contributed by atoms with van der Waals surface area (Å²) in [5.41, 5.74) is 2.91. The van der Waals surface area contributed by atoms with Crippen LogP contribution in [-0.2, 0) is 0 Å². The molecule has 2 aromatic rings. The number of benzene rings is 2. The largest absolute Gasteiger partial charge is 0.507 e. The molecule has 2 rings (SSSR count). The Morgan fingerprint density at radius 1 is 1.12 bits per heavy atom. The summed E-state index contributed by atoms with van der Waals surface area (Å²) in [6.45, 7) is 0. The number of amides is 1. The van der Waals surface area contributed by atoms with Crippen LogP contribution in [0.3, 0.4) is 0 Å². The molecule has 7 nitrogen and oxygen atoms in total. The highest BCUT2D eigenvalue weighted by Gasteiger charge is 2.12. The van der Waals surface area contributed by atoms with Crippen LogP contribution < -0.4 is 19.6 Å². The second-order valence-corrected chi connectivity index (χ2v) is 5.22. The minimum absolute atomic E-state index is 0.0661. The fourth-order valence-electron chi connectivity index (χ4n) is 2.02. The Morgan fingerprint density at radius 3 is 2.40 bits per heavy atom. The molecule has 1 amide bonds. The molecular formula is C17H17ClN2O5. The van der Waals surface area contributed by atoms with Gasteiger partial charge in [-0.25, -0.2) is 5.43 Å². The molecule has 2 N–H and O–H groups in total. The molecule has 0 aliphatic carbocycles. The summed E-state index contributed by atoms with van der Waals surface area (Å²) in [5, 5.41) is 14.1. The van der Waals surface area contributed by atoms with Crippen molar-refractivity contribution in [3.63, 3.8) is 0 Å². The number of carbonyl (C=O) groups is 1. The number of halogens is 1. The Morgan fingerprint density at radius 2 is 1.80 bits per heavy atom. The van der Waals surface area contributed by atoms with Gasteiger partial charge in [0.25, 0.3) is 5.91 Å². The lowest BCUT2D eigenvalue weighted by Crippen LogP contribution is -2.17. The van der Waals surface area contributed by atoms with Crippen molar-refractivity contribution in [2.24, 2.45) is 5.10 Å². The third-order valence-electron chi connectivity index (χ3n) is 3.32. The van der Waals surface area contributed by atoms with E-state index in [1.807, 2.05) is 0 Å². The number of hydrogen-bond acceptors (Lipinski definition) is 6. The van der Waals surface area contributed by atoms with Gasteiger partial charge in [0.05, 0.1) is 38.1 Å². The minimum atomic E-state index is -0.576. The maximum absolute atomic E-state index is 12.1. The lowest BCUT2D eigenvalue weighted by Gasteiger charge is -2.09. The van der Waals surface area contributed by atoms with Crippen LogP contribution in [-0.4, -0.2) is 38.6 Å². The highest BCUT2D eigenvalue weighted by Crippen LogP contribution is 2.32. The zero-order chi connectivity index (χ0) is 18.4. The lowest BCUT2D eigenvalue weighted by molar-refractivity contribution is 0.0952. The number of hydrazone groups is 1. The van der Waals surface area contributed by atoms with Crippen LogP contribution in [0.2, 0.25) is 5.02 Å². The van der Waals surface area contributed by atoms with Crippen molar-refractivity contribution >= 4 is 23.7 Å². The van der Waals surface area contributed by atoms with E-state index in [0.717, 1.165) is 0 Å². The van der Waals surface area contributed by atoms with E-state index < -0.39 is 5.91 Å². The van der Waals surface area contributed by atoms with Crippen molar-refractivity contribution in [3.8, 4) is 23.0 Å². The summed E-state index contributed by atoms with van der Waals surface area (Å²) in [7, 11) is 4.47. The van der Waals surface area contributed by atoms with Crippen molar-refractivity contribution in [3.05, 3.63) is 46.5 Å². The zero-order valence-corrected chi connectivity index (χ0v) is 14.6. The second-order valence-electron chi connectivity index (χ2n) is 4.81. The van der Waals surface area contributed by atoms with Crippen molar-refractivity contribution in [1.82, 2.24) is 5.43 Å². The number of carbonyl (C=O) groups excluding carboxylic acids is 1. The van der Waals surface area contributed by atoms with Crippen LogP contribution >= 0.6 is 11.6 Å². The van der Waals surface area contributed by atoms with Crippen LogP contribution in [0.15, 0.2) is 35.4 Å². The molecule has 0 saturated carbocycles. The average Bonchev–Trinajstić information content (AvgIpc) is 2.62. The molecule has 0 atom stereocenters. The molecule has 0 bridgehead atoms. The maximum Gasteiger partial charge on any atom is 0.275 e. The van der Waals surface area contributed by atoms with E-state index in [1.54, 1.807) is 18.2 Å². The SMILES string of the molecule is COc1ccc(C(=O)N/N=C\c2cc(OC)c(OC)cc2Cl)c(O)c1. The number of hydrogen-bond donors (Lipinski definition) is 2. The smallest absolute Gasteiger partial charge is 0.275 e. The lowest BCUT2D eigenvalue weighted by atomic mass is 10.2. The van der Waals surface area contributed by atoms with Gasteiger partial charge in [-0.1, -0.05) is 11.6 Å². The molecule has 0 aromatic heterocycles. The minimum Gasteiger partial charge on any atom is -0.507 e. The summed E-state index contributed by atoms with van der Waals surface area (Å²) in [5.74, 6) is 0.614. The summed E-state index contributed by atoms with van der Waals surface area (Å²) in [4.78, 5) is 12.1. The molecule has 0 spiro atoms. The summed E-state index contributed by atoms with van der Waals surface area (Å²) in [6, 6.07) is 7.54. The summed E-state index contributed by atoms with van der Waals surface area (Å²) >= 11 is 6.13. The first-order valence-corrected chi connectivity index (χ1v) is 7.50. The number of methoxy groups -OCH3 is 3. The van der Waals surface area contributed by atoms with Gasteiger partial charge in [-0.3, -0.25) is 4.79 Å². The van der Waals surface area contributed by atoms with Crippen LogP contribution in [0.5, 0.6) is 23.0 Å². The molecule has 25 heavy (non-hydrogen) atoms. The Kier molecular flexibility index (Phi) is 6.08. The van der Waals surface area contributed by atoms with Gasteiger partial charge in [0, 0.05) is 17.7 Å². The number of ether oxygens (including phenoxy) is 3. The van der Waals surface area contributed by atoms with E-state index in [9.17, 15) is 9.90 Å². The monoisotopic (exact) mass is 364 g/mol. The number of phenols is 1. The Bertz CT molecular complexity index is 808. The number of nitrogens with zero attached hydrogens (tertiary/aromatic N) is 1.